The van der Waals surface area contributed by atoms with Gasteiger partial charge in [0.1, 0.15) is 10.7 Å². The van der Waals surface area contributed by atoms with Gasteiger partial charge in [0.25, 0.3) is 0 Å². The first kappa shape index (κ1) is 16.2. The largest absolute Gasteiger partial charge is 0.373 e. The molecule has 1 aliphatic heterocycles. The first-order valence-corrected chi connectivity index (χ1v) is 8.64. The molecule has 0 aliphatic carbocycles. The van der Waals surface area contributed by atoms with Crippen LogP contribution in [0, 0.1) is 0 Å². The number of rotatable bonds is 5. The molecule has 0 unspecified atom stereocenters. The standard InChI is InChI=1S/C14H23N3O3S/c1-4-7-15-13-12(6-5-8-16-13)21(18,19)17-9-10-20-14(2,3)11-17/h5-6,8H,4,7,9-11H2,1-3H3,(H,15,16). The van der Waals surface area contributed by atoms with Crippen LogP contribution in [0.2, 0.25) is 0 Å². The third-order valence-corrected chi connectivity index (χ3v) is 5.20. The van der Waals surface area contributed by atoms with E-state index in [2.05, 4.69) is 10.3 Å². The third kappa shape index (κ3) is 3.72. The van der Waals surface area contributed by atoms with E-state index in [0.717, 1.165) is 6.42 Å². The maximum absolute atomic E-state index is 12.8. The summed E-state index contributed by atoms with van der Waals surface area (Å²) in [7, 11) is -3.57. The van der Waals surface area contributed by atoms with Crippen molar-refractivity contribution in [2.45, 2.75) is 37.7 Å². The number of nitrogens with one attached hydrogen (secondary N) is 1. The number of pyridine rings is 1. The highest BCUT2D eigenvalue weighted by Crippen LogP contribution is 2.26. The van der Waals surface area contributed by atoms with Crippen LogP contribution in [-0.2, 0) is 14.8 Å². The summed E-state index contributed by atoms with van der Waals surface area (Å²) in [5.74, 6) is 0.420. The molecule has 1 N–H and O–H groups in total. The molecule has 0 radical (unpaired) electrons. The van der Waals surface area contributed by atoms with Gasteiger partial charge in [0, 0.05) is 25.8 Å². The van der Waals surface area contributed by atoms with Gasteiger partial charge in [-0.2, -0.15) is 4.31 Å². The molecule has 0 saturated carbocycles. The van der Waals surface area contributed by atoms with Crippen LogP contribution in [0.1, 0.15) is 27.2 Å². The maximum Gasteiger partial charge on any atom is 0.246 e. The highest BCUT2D eigenvalue weighted by atomic mass is 32.2. The third-order valence-electron chi connectivity index (χ3n) is 3.32. The zero-order chi connectivity index (χ0) is 15.5. The molecule has 0 spiro atoms. The second-order valence-electron chi connectivity index (χ2n) is 5.72. The summed E-state index contributed by atoms with van der Waals surface area (Å²) < 4.78 is 32.8. The Labute approximate surface area is 126 Å². The number of aromatic nitrogens is 1. The van der Waals surface area contributed by atoms with Gasteiger partial charge in [0.2, 0.25) is 10.0 Å². The van der Waals surface area contributed by atoms with Gasteiger partial charge in [-0.1, -0.05) is 6.92 Å². The molecule has 0 amide bonds. The van der Waals surface area contributed by atoms with Crippen LogP contribution in [0.25, 0.3) is 0 Å². The molecule has 1 aromatic rings. The molecule has 2 heterocycles. The van der Waals surface area contributed by atoms with E-state index in [1.807, 2.05) is 20.8 Å². The summed E-state index contributed by atoms with van der Waals surface area (Å²) in [5, 5.41) is 3.08. The molecule has 1 aliphatic rings. The summed E-state index contributed by atoms with van der Waals surface area (Å²) in [5.41, 5.74) is -0.468. The van der Waals surface area contributed by atoms with Gasteiger partial charge in [-0.3, -0.25) is 0 Å². The normalized spacial score (nSPS) is 19.4. The van der Waals surface area contributed by atoms with Crippen molar-refractivity contribution in [2.75, 3.05) is 31.6 Å². The molecule has 1 saturated heterocycles. The van der Waals surface area contributed by atoms with E-state index in [1.54, 1.807) is 18.3 Å². The van der Waals surface area contributed by atoms with E-state index in [0.29, 0.717) is 32.1 Å². The van der Waals surface area contributed by atoms with Crippen molar-refractivity contribution in [1.82, 2.24) is 9.29 Å². The quantitative estimate of drug-likeness (QED) is 0.896. The SMILES string of the molecule is CCCNc1ncccc1S(=O)(=O)N1CCOC(C)(C)C1. The summed E-state index contributed by atoms with van der Waals surface area (Å²) in [6.07, 6.45) is 2.50. The lowest BCUT2D eigenvalue weighted by Crippen LogP contribution is -2.50. The number of hydrogen-bond acceptors (Lipinski definition) is 5. The number of ether oxygens (including phenoxy) is 1. The molecule has 0 aromatic carbocycles. The van der Waals surface area contributed by atoms with Gasteiger partial charge in [-0.15, -0.1) is 0 Å². The zero-order valence-electron chi connectivity index (χ0n) is 12.8. The summed E-state index contributed by atoms with van der Waals surface area (Å²) in [6.45, 7) is 7.63. The predicted molar refractivity (Wildman–Crippen MR) is 81.8 cm³/mol. The number of nitrogens with zero attached hydrogens (tertiary/aromatic N) is 2. The minimum absolute atomic E-state index is 0.233. The van der Waals surface area contributed by atoms with Crippen LogP contribution in [-0.4, -0.2) is 49.5 Å². The number of hydrogen-bond donors (Lipinski definition) is 1. The summed E-state index contributed by atoms with van der Waals surface area (Å²) >= 11 is 0. The maximum atomic E-state index is 12.8. The van der Waals surface area contributed by atoms with E-state index in [4.69, 9.17) is 4.74 Å². The minimum Gasteiger partial charge on any atom is -0.373 e. The van der Waals surface area contributed by atoms with Crippen molar-refractivity contribution >= 4 is 15.8 Å². The molecule has 1 aromatic heterocycles. The Hall–Kier alpha value is -1.18. The Morgan fingerprint density at radius 1 is 1.48 bits per heavy atom. The van der Waals surface area contributed by atoms with E-state index in [9.17, 15) is 8.42 Å². The van der Waals surface area contributed by atoms with Crippen LogP contribution >= 0.6 is 0 Å². The molecule has 7 heteroatoms. The van der Waals surface area contributed by atoms with Crippen molar-refractivity contribution in [3.05, 3.63) is 18.3 Å². The van der Waals surface area contributed by atoms with Crippen LogP contribution in [0.4, 0.5) is 5.82 Å². The van der Waals surface area contributed by atoms with Gasteiger partial charge in [-0.05, 0) is 32.4 Å². The molecule has 2 rings (SSSR count). The van der Waals surface area contributed by atoms with Gasteiger partial charge in [-0.25, -0.2) is 13.4 Å². The Morgan fingerprint density at radius 3 is 2.90 bits per heavy atom. The van der Waals surface area contributed by atoms with Crippen LogP contribution in [0.5, 0.6) is 0 Å². The lowest BCUT2D eigenvalue weighted by molar-refractivity contribution is -0.0640. The molecule has 0 bridgehead atoms. The van der Waals surface area contributed by atoms with Crippen molar-refractivity contribution in [1.29, 1.82) is 0 Å². The van der Waals surface area contributed by atoms with Gasteiger partial charge in [0.15, 0.2) is 0 Å². The van der Waals surface area contributed by atoms with Crippen molar-refractivity contribution in [2.24, 2.45) is 0 Å². The van der Waals surface area contributed by atoms with Gasteiger partial charge in [0.05, 0.1) is 12.2 Å². The molecule has 0 atom stereocenters. The lowest BCUT2D eigenvalue weighted by Gasteiger charge is -2.37. The average molecular weight is 313 g/mol. The van der Waals surface area contributed by atoms with E-state index in [-0.39, 0.29) is 4.90 Å². The van der Waals surface area contributed by atoms with E-state index in [1.165, 1.54) is 4.31 Å². The zero-order valence-corrected chi connectivity index (χ0v) is 13.6. The molecule has 6 nitrogen and oxygen atoms in total. The molecular weight excluding hydrogens is 290 g/mol. The topological polar surface area (TPSA) is 71.5 Å². The Kier molecular flexibility index (Phi) is 4.85. The minimum atomic E-state index is -3.57. The Bertz CT molecular complexity index is 587. The highest BCUT2D eigenvalue weighted by molar-refractivity contribution is 7.89. The fourth-order valence-corrected chi connectivity index (χ4v) is 3.99. The Balaban J connectivity index is 2.31. The Morgan fingerprint density at radius 2 is 2.24 bits per heavy atom. The fourth-order valence-electron chi connectivity index (χ4n) is 2.29. The van der Waals surface area contributed by atoms with Gasteiger partial charge >= 0.3 is 0 Å². The monoisotopic (exact) mass is 313 g/mol. The second-order valence-corrected chi connectivity index (χ2v) is 7.63. The van der Waals surface area contributed by atoms with Crippen LogP contribution < -0.4 is 5.32 Å². The van der Waals surface area contributed by atoms with E-state index >= 15 is 0 Å². The number of anilines is 1. The van der Waals surface area contributed by atoms with Crippen molar-refractivity contribution in [3.63, 3.8) is 0 Å². The number of sulfonamides is 1. The predicted octanol–water partition coefficient (Wildman–Crippen LogP) is 1.70. The molecular formula is C14H23N3O3S. The van der Waals surface area contributed by atoms with Crippen molar-refractivity contribution in [3.8, 4) is 0 Å². The first-order chi connectivity index (χ1) is 9.87. The lowest BCUT2D eigenvalue weighted by atomic mass is 10.1. The molecule has 118 valence electrons. The van der Waals surface area contributed by atoms with E-state index < -0.39 is 15.6 Å². The summed E-state index contributed by atoms with van der Waals surface area (Å²) in [4.78, 5) is 4.40. The smallest absolute Gasteiger partial charge is 0.246 e. The molecule has 21 heavy (non-hydrogen) atoms. The average Bonchev–Trinajstić information content (AvgIpc) is 2.44. The van der Waals surface area contributed by atoms with Gasteiger partial charge < -0.3 is 10.1 Å². The van der Waals surface area contributed by atoms with Crippen LogP contribution in [0.15, 0.2) is 23.2 Å². The summed E-state index contributed by atoms with van der Waals surface area (Å²) in [6, 6.07) is 3.25. The van der Waals surface area contributed by atoms with Crippen LogP contribution in [0.3, 0.4) is 0 Å². The highest BCUT2D eigenvalue weighted by Gasteiger charge is 2.36. The number of morpholine rings is 1. The molecule has 1 fully saturated rings. The second kappa shape index (κ2) is 6.29. The van der Waals surface area contributed by atoms with Crippen molar-refractivity contribution < 1.29 is 13.2 Å². The fraction of sp³-hybridized carbons (Fsp3) is 0.643. The first-order valence-electron chi connectivity index (χ1n) is 7.20.